The van der Waals surface area contributed by atoms with Crippen LogP contribution in [-0.2, 0) is 20.7 Å². The van der Waals surface area contributed by atoms with Crippen molar-refractivity contribution in [3.8, 4) is 0 Å². The van der Waals surface area contributed by atoms with E-state index >= 15 is 0 Å². The third-order valence-electron chi connectivity index (χ3n) is 6.18. The Bertz CT molecular complexity index is 835. The average Bonchev–Trinajstić information content (AvgIpc) is 3.42. The van der Waals surface area contributed by atoms with Crippen molar-refractivity contribution in [3.05, 3.63) is 40.2 Å². The van der Waals surface area contributed by atoms with Crippen LogP contribution in [0.5, 0.6) is 0 Å². The molecule has 0 spiro atoms. The molecule has 3 fully saturated rings. The third-order valence-corrected chi connectivity index (χ3v) is 6.18. The van der Waals surface area contributed by atoms with Crippen molar-refractivity contribution in [3.63, 3.8) is 0 Å². The van der Waals surface area contributed by atoms with E-state index in [0.29, 0.717) is 6.61 Å². The van der Waals surface area contributed by atoms with E-state index in [1.807, 2.05) is 24.3 Å². The lowest BCUT2D eigenvalue weighted by molar-refractivity contribution is -0.769. The normalized spacial score (nSPS) is 30.6. The molecule has 0 bridgehead atoms. The van der Waals surface area contributed by atoms with Gasteiger partial charge in [0.15, 0.2) is 6.10 Å². The molecule has 3 aliphatic rings. The van der Waals surface area contributed by atoms with Crippen molar-refractivity contribution in [2.45, 2.75) is 30.8 Å². The summed E-state index contributed by atoms with van der Waals surface area (Å²) in [4.78, 5) is 28.2. The van der Waals surface area contributed by atoms with Gasteiger partial charge in [-0.3, -0.25) is 4.90 Å². The fourth-order valence-electron chi connectivity index (χ4n) is 4.66. The van der Waals surface area contributed by atoms with E-state index < -0.39 is 11.2 Å². The molecule has 0 aliphatic carbocycles. The summed E-state index contributed by atoms with van der Waals surface area (Å²) in [5.74, 6) is 1.02. The van der Waals surface area contributed by atoms with Crippen molar-refractivity contribution < 1.29 is 19.4 Å². The smallest absolute Gasteiger partial charge is 0.294 e. The zero-order chi connectivity index (χ0) is 19.8. The molecular weight excluding hydrogens is 378 g/mol. The van der Waals surface area contributed by atoms with Gasteiger partial charge < -0.3 is 24.2 Å². The first-order valence-corrected chi connectivity index (χ1v) is 10.1. The van der Waals surface area contributed by atoms with Crippen LogP contribution in [0.3, 0.4) is 0 Å². The maximum atomic E-state index is 10.6. The van der Waals surface area contributed by atoms with Crippen molar-refractivity contribution in [2.24, 2.45) is 0 Å². The molecule has 4 atom stereocenters. The van der Waals surface area contributed by atoms with Crippen LogP contribution in [0, 0.1) is 10.1 Å². The monoisotopic (exact) mass is 403 g/mol. The molecule has 29 heavy (non-hydrogen) atoms. The number of para-hydroxylation sites is 2. The van der Waals surface area contributed by atoms with Gasteiger partial charge in [0.05, 0.1) is 30.3 Å². The number of nitrogens with one attached hydrogen (secondary N) is 1. The van der Waals surface area contributed by atoms with Crippen LogP contribution in [0.1, 0.15) is 5.82 Å². The second-order valence-electron chi connectivity index (χ2n) is 7.86. The molecule has 3 saturated heterocycles. The summed E-state index contributed by atoms with van der Waals surface area (Å²) in [5.41, 5.74) is 2.10. The SMILES string of the molecule is O=[N+]([O-])O[C@H]1CO[C@H]2[C@@H]1OC[C@@H]2N1CCN(CCc2nc3ccccc3[nH]2)CC1. The number of rotatable bonds is 6. The minimum absolute atomic E-state index is 0.137. The maximum absolute atomic E-state index is 10.6. The van der Waals surface area contributed by atoms with Crippen molar-refractivity contribution in [2.75, 3.05) is 45.9 Å². The van der Waals surface area contributed by atoms with Crippen molar-refractivity contribution in [1.82, 2.24) is 19.8 Å². The van der Waals surface area contributed by atoms with E-state index in [1.165, 1.54) is 0 Å². The Kier molecular flexibility index (Phi) is 5.08. The molecule has 5 rings (SSSR count). The highest BCUT2D eigenvalue weighted by Gasteiger charge is 2.51. The van der Waals surface area contributed by atoms with Crippen LogP contribution in [0.25, 0.3) is 11.0 Å². The highest BCUT2D eigenvalue weighted by molar-refractivity contribution is 5.74. The molecule has 10 heteroatoms. The van der Waals surface area contributed by atoms with Gasteiger partial charge in [-0.15, -0.1) is 10.1 Å². The molecule has 1 aromatic heterocycles. The number of imidazole rings is 1. The average molecular weight is 403 g/mol. The number of hydrogen-bond donors (Lipinski definition) is 1. The van der Waals surface area contributed by atoms with Gasteiger partial charge in [0, 0.05) is 39.1 Å². The molecule has 156 valence electrons. The Balaban J connectivity index is 1.11. The Morgan fingerprint density at radius 3 is 2.76 bits per heavy atom. The molecule has 0 unspecified atom stereocenters. The lowest BCUT2D eigenvalue weighted by Gasteiger charge is -2.38. The number of piperazine rings is 1. The Labute approximate surface area is 167 Å². The highest BCUT2D eigenvalue weighted by Crippen LogP contribution is 2.32. The number of aromatic amines is 1. The lowest BCUT2D eigenvalue weighted by atomic mass is 10.1. The van der Waals surface area contributed by atoms with Gasteiger partial charge >= 0.3 is 0 Å². The largest absolute Gasteiger partial charge is 0.371 e. The quantitative estimate of drug-likeness (QED) is 0.548. The molecule has 0 amide bonds. The molecule has 1 aromatic carbocycles. The van der Waals surface area contributed by atoms with Crippen LogP contribution in [0.2, 0.25) is 0 Å². The highest BCUT2D eigenvalue weighted by atomic mass is 17.0. The topological polar surface area (TPSA) is 106 Å². The number of fused-ring (bicyclic) bond motifs is 2. The fraction of sp³-hybridized carbons (Fsp3) is 0.632. The van der Waals surface area contributed by atoms with Gasteiger partial charge in [-0.25, -0.2) is 4.98 Å². The number of ether oxygens (including phenoxy) is 2. The molecule has 10 nitrogen and oxygen atoms in total. The Hall–Kier alpha value is -2.27. The lowest BCUT2D eigenvalue weighted by Crippen LogP contribution is -2.54. The summed E-state index contributed by atoms with van der Waals surface area (Å²) in [5, 5.41) is 9.87. The van der Waals surface area contributed by atoms with E-state index in [9.17, 15) is 10.1 Å². The molecule has 1 N–H and O–H groups in total. The molecular formula is C19H25N5O5. The van der Waals surface area contributed by atoms with E-state index in [4.69, 9.17) is 14.3 Å². The minimum Gasteiger partial charge on any atom is -0.371 e. The van der Waals surface area contributed by atoms with E-state index in [1.54, 1.807) is 0 Å². The summed E-state index contributed by atoms with van der Waals surface area (Å²) < 4.78 is 11.6. The second-order valence-corrected chi connectivity index (χ2v) is 7.86. The van der Waals surface area contributed by atoms with Crippen LogP contribution < -0.4 is 0 Å². The van der Waals surface area contributed by atoms with Gasteiger partial charge in [0.2, 0.25) is 0 Å². The summed E-state index contributed by atoms with van der Waals surface area (Å²) in [6.07, 6.45) is -0.224. The Morgan fingerprint density at radius 1 is 1.17 bits per heavy atom. The maximum Gasteiger partial charge on any atom is 0.294 e. The Morgan fingerprint density at radius 2 is 1.97 bits per heavy atom. The van der Waals surface area contributed by atoms with Gasteiger partial charge in [0.1, 0.15) is 18.0 Å². The van der Waals surface area contributed by atoms with Gasteiger partial charge in [-0.2, -0.15) is 0 Å². The zero-order valence-corrected chi connectivity index (χ0v) is 16.1. The summed E-state index contributed by atoms with van der Waals surface area (Å²) >= 11 is 0. The van der Waals surface area contributed by atoms with Crippen molar-refractivity contribution >= 4 is 11.0 Å². The van der Waals surface area contributed by atoms with Crippen LogP contribution in [0.15, 0.2) is 24.3 Å². The van der Waals surface area contributed by atoms with Gasteiger partial charge in [-0.05, 0) is 12.1 Å². The first-order valence-electron chi connectivity index (χ1n) is 10.1. The van der Waals surface area contributed by atoms with E-state index in [-0.39, 0.29) is 24.9 Å². The molecule has 4 heterocycles. The van der Waals surface area contributed by atoms with Crippen LogP contribution in [0.4, 0.5) is 0 Å². The number of nitrogens with zero attached hydrogens (tertiary/aromatic N) is 4. The molecule has 0 radical (unpaired) electrons. The summed E-state index contributed by atoms with van der Waals surface area (Å²) in [6, 6.07) is 8.23. The van der Waals surface area contributed by atoms with Gasteiger partial charge in [0.25, 0.3) is 5.09 Å². The standard InChI is InChI=1S/C19H25N5O5/c25-24(26)29-16-12-28-18-15(11-27-19(16)18)23-9-7-22(8-10-23)6-5-17-20-13-3-1-2-4-14(13)21-17/h1-4,15-16,18-19H,5-12H2,(H,20,21)/t15-,16-,18+,19+/m0/s1. The van der Waals surface area contributed by atoms with E-state index in [0.717, 1.165) is 56.0 Å². The number of H-pyrrole nitrogens is 1. The van der Waals surface area contributed by atoms with E-state index in [2.05, 4.69) is 19.8 Å². The van der Waals surface area contributed by atoms with Gasteiger partial charge in [-0.1, -0.05) is 12.1 Å². The van der Waals surface area contributed by atoms with Crippen LogP contribution in [-0.4, -0.2) is 95.1 Å². The predicted molar refractivity (Wildman–Crippen MR) is 103 cm³/mol. The molecule has 0 saturated carbocycles. The second kappa shape index (κ2) is 7.86. The summed E-state index contributed by atoms with van der Waals surface area (Å²) in [7, 11) is 0. The molecule has 2 aromatic rings. The molecule has 3 aliphatic heterocycles. The first kappa shape index (κ1) is 18.7. The first-order chi connectivity index (χ1) is 14.2. The number of hydrogen-bond acceptors (Lipinski definition) is 8. The van der Waals surface area contributed by atoms with Crippen LogP contribution >= 0.6 is 0 Å². The summed E-state index contributed by atoms with van der Waals surface area (Å²) in [6.45, 7) is 5.53. The number of benzene rings is 1. The predicted octanol–water partition coefficient (Wildman–Crippen LogP) is 0.466. The number of aromatic nitrogens is 2. The fourth-order valence-corrected chi connectivity index (χ4v) is 4.66. The van der Waals surface area contributed by atoms with Crippen molar-refractivity contribution in [1.29, 1.82) is 0 Å². The third kappa shape index (κ3) is 3.80. The minimum atomic E-state index is -0.756. The zero-order valence-electron chi connectivity index (χ0n) is 16.1.